The van der Waals surface area contributed by atoms with Crippen molar-refractivity contribution in [2.24, 2.45) is 0 Å². The fourth-order valence-corrected chi connectivity index (χ4v) is 2.56. The van der Waals surface area contributed by atoms with Crippen molar-refractivity contribution in [3.05, 3.63) is 33.9 Å². The average molecular weight is 271 g/mol. The molecule has 0 atom stereocenters. The van der Waals surface area contributed by atoms with Crippen LogP contribution in [0.1, 0.15) is 18.9 Å². The number of rotatable bonds is 1. The highest BCUT2D eigenvalue weighted by Crippen LogP contribution is 2.40. The van der Waals surface area contributed by atoms with E-state index in [0.29, 0.717) is 6.04 Å². The first kappa shape index (κ1) is 8.81. The maximum Gasteiger partial charge on any atom is 0.0509 e. The van der Waals surface area contributed by atoms with Crippen molar-refractivity contribution in [2.75, 3.05) is 0 Å². The van der Waals surface area contributed by atoms with Crippen LogP contribution in [0.2, 0.25) is 5.02 Å². The van der Waals surface area contributed by atoms with Crippen molar-refractivity contribution in [3.8, 4) is 0 Å². The second-order valence-electron chi connectivity index (χ2n) is 3.78. The molecule has 1 fully saturated rings. The largest absolute Gasteiger partial charge is 0.343 e. The SMILES string of the molecule is Clc1ccc2c(Br)cn(C3CC3)c2c1. The summed E-state index contributed by atoms with van der Waals surface area (Å²) in [4.78, 5) is 0. The summed E-state index contributed by atoms with van der Waals surface area (Å²) in [6.45, 7) is 0. The Hall–Kier alpha value is -0.470. The first-order valence-corrected chi connectivity index (χ1v) is 5.88. The molecular formula is C11H9BrClN. The van der Waals surface area contributed by atoms with Crippen LogP contribution < -0.4 is 0 Å². The highest BCUT2D eigenvalue weighted by Gasteiger charge is 2.25. The summed E-state index contributed by atoms with van der Waals surface area (Å²) >= 11 is 9.57. The van der Waals surface area contributed by atoms with Crippen LogP contribution in [-0.2, 0) is 0 Å². The highest BCUT2D eigenvalue weighted by molar-refractivity contribution is 9.10. The normalized spacial score (nSPS) is 16.4. The molecule has 1 aromatic heterocycles. The van der Waals surface area contributed by atoms with E-state index in [1.807, 2.05) is 12.1 Å². The number of fused-ring (bicyclic) bond motifs is 1. The van der Waals surface area contributed by atoms with Crippen molar-refractivity contribution in [1.82, 2.24) is 4.57 Å². The Balaban J connectivity index is 2.33. The van der Waals surface area contributed by atoms with Crippen LogP contribution in [0, 0.1) is 0 Å². The summed E-state index contributed by atoms with van der Waals surface area (Å²) in [5, 5.41) is 2.06. The molecule has 2 aromatic rings. The van der Waals surface area contributed by atoms with Gasteiger partial charge in [0.1, 0.15) is 0 Å². The molecule has 0 spiro atoms. The van der Waals surface area contributed by atoms with E-state index in [1.165, 1.54) is 23.7 Å². The van der Waals surface area contributed by atoms with E-state index in [1.54, 1.807) is 0 Å². The lowest BCUT2D eigenvalue weighted by Crippen LogP contribution is -1.89. The third kappa shape index (κ3) is 1.29. The van der Waals surface area contributed by atoms with Crippen LogP contribution in [0.15, 0.2) is 28.9 Å². The summed E-state index contributed by atoms with van der Waals surface area (Å²) in [5.41, 5.74) is 1.24. The summed E-state index contributed by atoms with van der Waals surface area (Å²) in [5.74, 6) is 0. The Kier molecular flexibility index (Phi) is 1.89. The molecule has 3 heteroatoms. The summed E-state index contributed by atoms with van der Waals surface area (Å²) in [6.07, 6.45) is 4.75. The molecule has 0 saturated heterocycles. The number of aromatic nitrogens is 1. The monoisotopic (exact) mass is 269 g/mol. The lowest BCUT2D eigenvalue weighted by Gasteiger charge is -2.01. The molecule has 1 nitrogen and oxygen atoms in total. The molecule has 14 heavy (non-hydrogen) atoms. The van der Waals surface area contributed by atoms with Gasteiger partial charge in [-0.05, 0) is 40.9 Å². The Labute approximate surface area is 95.8 Å². The molecule has 0 radical (unpaired) electrons. The zero-order chi connectivity index (χ0) is 9.71. The topological polar surface area (TPSA) is 4.93 Å². The molecule has 72 valence electrons. The predicted octanol–water partition coefficient (Wildman–Crippen LogP) is 4.39. The van der Waals surface area contributed by atoms with E-state index in [9.17, 15) is 0 Å². The van der Waals surface area contributed by atoms with Gasteiger partial charge in [0.05, 0.1) is 5.52 Å². The number of hydrogen-bond donors (Lipinski definition) is 0. The third-order valence-corrected chi connectivity index (χ3v) is 3.55. The molecule has 1 heterocycles. The smallest absolute Gasteiger partial charge is 0.0509 e. The molecule has 1 saturated carbocycles. The minimum atomic E-state index is 0.697. The molecule has 0 amide bonds. The van der Waals surface area contributed by atoms with Crippen LogP contribution in [-0.4, -0.2) is 4.57 Å². The zero-order valence-electron chi connectivity index (χ0n) is 7.50. The second kappa shape index (κ2) is 3.01. The number of benzene rings is 1. The third-order valence-electron chi connectivity index (χ3n) is 2.69. The van der Waals surface area contributed by atoms with E-state index in [4.69, 9.17) is 11.6 Å². The maximum absolute atomic E-state index is 6.00. The molecule has 1 aliphatic rings. The van der Waals surface area contributed by atoms with Crippen molar-refractivity contribution < 1.29 is 0 Å². The van der Waals surface area contributed by atoms with Crippen LogP contribution in [0.25, 0.3) is 10.9 Å². The lowest BCUT2D eigenvalue weighted by atomic mass is 10.2. The standard InChI is InChI=1S/C11H9BrClN/c12-10-6-14(8-2-3-8)11-5-7(13)1-4-9(10)11/h1,4-6,8H,2-3H2. The van der Waals surface area contributed by atoms with Gasteiger partial charge in [-0.25, -0.2) is 0 Å². The van der Waals surface area contributed by atoms with Gasteiger partial charge in [-0.1, -0.05) is 17.7 Å². The number of nitrogens with zero attached hydrogens (tertiary/aromatic N) is 1. The lowest BCUT2D eigenvalue weighted by molar-refractivity contribution is 0.774. The minimum Gasteiger partial charge on any atom is -0.343 e. The summed E-state index contributed by atoms with van der Waals surface area (Å²) < 4.78 is 3.49. The Bertz CT molecular complexity index is 499. The van der Waals surface area contributed by atoms with E-state index in [-0.39, 0.29) is 0 Å². The van der Waals surface area contributed by atoms with Gasteiger partial charge < -0.3 is 4.57 Å². The van der Waals surface area contributed by atoms with Gasteiger partial charge in [-0.2, -0.15) is 0 Å². The van der Waals surface area contributed by atoms with E-state index >= 15 is 0 Å². The van der Waals surface area contributed by atoms with Gasteiger partial charge in [0.15, 0.2) is 0 Å². The molecule has 0 unspecified atom stereocenters. The molecule has 0 bridgehead atoms. The summed E-state index contributed by atoms with van der Waals surface area (Å²) in [7, 11) is 0. The maximum atomic E-state index is 6.00. The molecule has 1 aliphatic carbocycles. The Morgan fingerprint density at radius 1 is 1.36 bits per heavy atom. The molecule has 1 aromatic carbocycles. The molecular weight excluding hydrogens is 261 g/mol. The van der Waals surface area contributed by atoms with Crippen molar-refractivity contribution in [1.29, 1.82) is 0 Å². The van der Waals surface area contributed by atoms with Gasteiger partial charge >= 0.3 is 0 Å². The predicted molar refractivity (Wildman–Crippen MR) is 62.9 cm³/mol. The van der Waals surface area contributed by atoms with Crippen molar-refractivity contribution in [2.45, 2.75) is 18.9 Å². The number of hydrogen-bond acceptors (Lipinski definition) is 0. The van der Waals surface area contributed by atoms with Crippen LogP contribution in [0.4, 0.5) is 0 Å². The first-order chi connectivity index (χ1) is 6.75. The fourth-order valence-electron chi connectivity index (χ4n) is 1.84. The zero-order valence-corrected chi connectivity index (χ0v) is 9.85. The van der Waals surface area contributed by atoms with Crippen LogP contribution >= 0.6 is 27.5 Å². The minimum absolute atomic E-state index is 0.697. The van der Waals surface area contributed by atoms with Crippen LogP contribution in [0.3, 0.4) is 0 Å². The Morgan fingerprint density at radius 3 is 2.86 bits per heavy atom. The first-order valence-electron chi connectivity index (χ1n) is 4.71. The van der Waals surface area contributed by atoms with Gasteiger partial charge in [0, 0.05) is 27.1 Å². The van der Waals surface area contributed by atoms with E-state index in [0.717, 1.165) is 9.50 Å². The van der Waals surface area contributed by atoms with Gasteiger partial charge in [-0.3, -0.25) is 0 Å². The molecule has 0 aliphatic heterocycles. The second-order valence-corrected chi connectivity index (χ2v) is 5.07. The fraction of sp³-hybridized carbons (Fsp3) is 0.273. The highest BCUT2D eigenvalue weighted by atomic mass is 79.9. The van der Waals surface area contributed by atoms with E-state index < -0.39 is 0 Å². The van der Waals surface area contributed by atoms with Crippen LogP contribution in [0.5, 0.6) is 0 Å². The molecule has 3 rings (SSSR count). The average Bonchev–Trinajstić information content (AvgIpc) is 2.93. The van der Waals surface area contributed by atoms with Gasteiger partial charge in [0.25, 0.3) is 0 Å². The summed E-state index contributed by atoms with van der Waals surface area (Å²) in [6, 6.07) is 6.74. The van der Waals surface area contributed by atoms with Gasteiger partial charge in [-0.15, -0.1) is 0 Å². The quantitative estimate of drug-likeness (QED) is 0.724. The van der Waals surface area contributed by atoms with Gasteiger partial charge in [0.2, 0.25) is 0 Å². The number of halogens is 2. The van der Waals surface area contributed by atoms with Crippen molar-refractivity contribution >= 4 is 38.4 Å². The Morgan fingerprint density at radius 2 is 2.14 bits per heavy atom. The van der Waals surface area contributed by atoms with Crippen molar-refractivity contribution in [3.63, 3.8) is 0 Å². The van der Waals surface area contributed by atoms with E-state index in [2.05, 4.69) is 32.8 Å². The molecule has 0 N–H and O–H groups in total.